The minimum Gasteiger partial charge on any atom is -0.507 e. The molecule has 1 N–H and O–H groups in total. The highest BCUT2D eigenvalue weighted by Crippen LogP contribution is 2.39. The van der Waals surface area contributed by atoms with Crippen LogP contribution in [0.2, 0.25) is 0 Å². The lowest BCUT2D eigenvalue weighted by Crippen LogP contribution is -2.45. The molecule has 2 aliphatic rings. The van der Waals surface area contributed by atoms with Gasteiger partial charge in [-0.2, -0.15) is 0 Å². The lowest BCUT2D eigenvalue weighted by atomic mass is 9.79. The molecule has 2 aromatic rings. The Morgan fingerprint density at radius 1 is 0.879 bits per heavy atom. The number of phenolic OH excluding ortho intramolecular Hbond substituents is 1. The number of aromatic hydroxyl groups is 1. The highest BCUT2D eigenvalue weighted by molar-refractivity contribution is 5.48. The molecule has 0 saturated carbocycles. The zero-order chi connectivity index (χ0) is 23.8. The van der Waals surface area contributed by atoms with Gasteiger partial charge in [0.1, 0.15) is 5.75 Å². The van der Waals surface area contributed by atoms with Gasteiger partial charge in [-0.3, -0.25) is 14.8 Å². The summed E-state index contributed by atoms with van der Waals surface area (Å²) in [6.45, 7) is 17.4. The number of likely N-dealkylation sites (tertiary alicyclic amines) is 2. The first-order chi connectivity index (χ1) is 15.5. The molecule has 1 unspecified atom stereocenters. The summed E-state index contributed by atoms with van der Waals surface area (Å²) in [5.41, 5.74) is 4.60. The van der Waals surface area contributed by atoms with Gasteiger partial charge in [0.25, 0.3) is 0 Å². The van der Waals surface area contributed by atoms with Crippen LogP contribution in [0.15, 0.2) is 36.5 Å². The van der Waals surface area contributed by atoms with Crippen LogP contribution in [-0.4, -0.2) is 45.1 Å². The van der Waals surface area contributed by atoms with Crippen molar-refractivity contribution in [3.63, 3.8) is 0 Å². The molecule has 1 aromatic heterocycles. The van der Waals surface area contributed by atoms with Gasteiger partial charge in [0, 0.05) is 36.9 Å². The molecule has 0 aliphatic carbocycles. The van der Waals surface area contributed by atoms with Crippen LogP contribution in [0.5, 0.6) is 5.75 Å². The third-order valence-corrected chi connectivity index (χ3v) is 7.60. The van der Waals surface area contributed by atoms with Gasteiger partial charge in [0.05, 0.1) is 5.69 Å². The van der Waals surface area contributed by atoms with Crippen molar-refractivity contribution < 1.29 is 5.11 Å². The van der Waals surface area contributed by atoms with Crippen molar-refractivity contribution >= 4 is 0 Å². The number of benzene rings is 1. The molecule has 4 nitrogen and oxygen atoms in total. The van der Waals surface area contributed by atoms with E-state index in [1.807, 2.05) is 12.3 Å². The van der Waals surface area contributed by atoms with Crippen LogP contribution in [0, 0.1) is 0 Å². The van der Waals surface area contributed by atoms with Crippen molar-refractivity contribution in [2.45, 2.75) is 103 Å². The van der Waals surface area contributed by atoms with E-state index in [0.717, 1.165) is 37.3 Å². The molecular weight excluding hydrogens is 406 g/mol. The predicted octanol–water partition coefficient (Wildman–Crippen LogP) is 6.01. The molecule has 0 spiro atoms. The standard InChI is InChI=1S/C29H43N3O/c1-28(2,3)22-17-21(27(33)24(18-22)29(4,5)6)19-31-15-9-12-25(31)26-13-10-16-32(26)20-23-11-7-8-14-30-23/h7-8,11,14,17-18,25-26,33H,9-10,12-13,15-16,19-20H2,1-6H3/t25?,26-/m1/s1. The molecule has 0 bridgehead atoms. The highest BCUT2D eigenvalue weighted by Gasteiger charge is 2.38. The Kier molecular flexibility index (Phi) is 6.89. The normalized spacial score (nSPS) is 22.8. The van der Waals surface area contributed by atoms with E-state index in [9.17, 15) is 5.11 Å². The smallest absolute Gasteiger partial charge is 0.123 e. The SMILES string of the molecule is CC(C)(C)c1cc(CN2CCCC2[C@H]2CCCN2Cc2ccccn2)c(O)c(C(C)(C)C)c1. The maximum absolute atomic E-state index is 11.3. The monoisotopic (exact) mass is 449 g/mol. The second kappa shape index (κ2) is 9.38. The topological polar surface area (TPSA) is 39.6 Å². The molecule has 3 heterocycles. The number of nitrogens with zero attached hydrogens (tertiary/aromatic N) is 3. The quantitative estimate of drug-likeness (QED) is 0.607. The molecular formula is C29H43N3O. The highest BCUT2D eigenvalue weighted by atomic mass is 16.3. The van der Waals surface area contributed by atoms with Crippen molar-refractivity contribution in [2.75, 3.05) is 13.1 Å². The van der Waals surface area contributed by atoms with Gasteiger partial charge in [-0.1, -0.05) is 59.7 Å². The lowest BCUT2D eigenvalue weighted by Gasteiger charge is -2.36. The Balaban J connectivity index is 1.58. The zero-order valence-electron chi connectivity index (χ0n) is 21.6. The molecule has 0 radical (unpaired) electrons. The fourth-order valence-corrected chi connectivity index (χ4v) is 5.71. The number of rotatable bonds is 5. The Morgan fingerprint density at radius 3 is 2.06 bits per heavy atom. The van der Waals surface area contributed by atoms with Crippen LogP contribution < -0.4 is 0 Å². The summed E-state index contributed by atoms with van der Waals surface area (Å²) in [4.78, 5) is 9.88. The maximum atomic E-state index is 11.3. The number of hydrogen-bond donors (Lipinski definition) is 1. The van der Waals surface area contributed by atoms with Gasteiger partial charge >= 0.3 is 0 Å². The van der Waals surface area contributed by atoms with E-state index < -0.39 is 0 Å². The minimum atomic E-state index is -0.0879. The predicted molar refractivity (Wildman–Crippen MR) is 137 cm³/mol. The van der Waals surface area contributed by atoms with Crippen molar-refractivity contribution in [1.29, 1.82) is 0 Å². The molecule has 2 aliphatic heterocycles. The van der Waals surface area contributed by atoms with Gasteiger partial charge in [-0.05, 0) is 72.9 Å². The van der Waals surface area contributed by atoms with Crippen LogP contribution in [0.3, 0.4) is 0 Å². The molecule has 1 aromatic carbocycles. The van der Waals surface area contributed by atoms with Crippen molar-refractivity contribution in [3.05, 3.63) is 58.9 Å². The zero-order valence-corrected chi connectivity index (χ0v) is 21.6. The number of pyridine rings is 1. The molecule has 2 saturated heterocycles. The van der Waals surface area contributed by atoms with Crippen molar-refractivity contribution in [1.82, 2.24) is 14.8 Å². The molecule has 2 fully saturated rings. The van der Waals surface area contributed by atoms with Gasteiger partial charge in [0.15, 0.2) is 0 Å². The average Bonchev–Trinajstić information content (AvgIpc) is 3.37. The summed E-state index contributed by atoms with van der Waals surface area (Å²) in [5.74, 6) is 0.498. The van der Waals surface area contributed by atoms with Gasteiger partial charge < -0.3 is 5.11 Å². The maximum Gasteiger partial charge on any atom is 0.123 e. The van der Waals surface area contributed by atoms with Gasteiger partial charge in [-0.25, -0.2) is 0 Å². The first kappa shape index (κ1) is 24.2. The van der Waals surface area contributed by atoms with E-state index in [4.69, 9.17) is 0 Å². The fraction of sp³-hybridized carbons (Fsp3) is 0.621. The van der Waals surface area contributed by atoms with Crippen LogP contribution >= 0.6 is 0 Å². The van der Waals surface area contributed by atoms with Crippen LogP contribution in [0.1, 0.15) is 89.6 Å². The van der Waals surface area contributed by atoms with E-state index >= 15 is 0 Å². The molecule has 4 rings (SSSR count). The number of aromatic nitrogens is 1. The number of hydrogen-bond acceptors (Lipinski definition) is 4. The summed E-state index contributed by atoms with van der Waals surface area (Å²) < 4.78 is 0. The van der Waals surface area contributed by atoms with E-state index in [-0.39, 0.29) is 10.8 Å². The van der Waals surface area contributed by atoms with Crippen molar-refractivity contribution in [2.24, 2.45) is 0 Å². The molecule has 0 amide bonds. The summed E-state index contributed by atoms with van der Waals surface area (Å²) in [5, 5.41) is 11.3. The summed E-state index contributed by atoms with van der Waals surface area (Å²) >= 11 is 0. The molecule has 4 heteroatoms. The van der Waals surface area contributed by atoms with Gasteiger partial charge in [-0.15, -0.1) is 0 Å². The van der Waals surface area contributed by atoms with E-state index in [1.54, 1.807) is 0 Å². The Bertz CT molecular complexity index is 942. The molecule has 180 valence electrons. The fourth-order valence-electron chi connectivity index (χ4n) is 5.71. The Morgan fingerprint density at radius 2 is 1.52 bits per heavy atom. The van der Waals surface area contributed by atoms with E-state index in [1.165, 1.54) is 36.9 Å². The molecule has 2 atom stereocenters. The summed E-state index contributed by atoms with van der Waals surface area (Å²) in [7, 11) is 0. The average molecular weight is 450 g/mol. The number of phenols is 1. The largest absolute Gasteiger partial charge is 0.507 e. The van der Waals surface area contributed by atoms with Crippen molar-refractivity contribution in [3.8, 4) is 5.75 Å². The van der Waals surface area contributed by atoms with E-state index in [2.05, 4.69) is 80.6 Å². The summed E-state index contributed by atoms with van der Waals surface area (Å²) in [6.07, 6.45) is 6.91. The summed E-state index contributed by atoms with van der Waals surface area (Å²) in [6, 6.07) is 11.8. The van der Waals surface area contributed by atoms with E-state index in [0.29, 0.717) is 17.8 Å². The second-order valence-electron chi connectivity index (χ2n) is 12.2. The third kappa shape index (κ3) is 5.44. The van der Waals surface area contributed by atoms with Crippen LogP contribution in [0.25, 0.3) is 0 Å². The Hall–Kier alpha value is -1.91. The Labute approximate surface area is 201 Å². The second-order valence-corrected chi connectivity index (χ2v) is 12.2. The first-order valence-electron chi connectivity index (χ1n) is 12.8. The van der Waals surface area contributed by atoms with Gasteiger partial charge in [0.2, 0.25) is 0 Å². The van der Waals surface area contributed by atoms with Crippen LogP contribution in [0.4, 0.5) is 0 Å². The minimum absolute atomic E-state index is 0.0534. The van der Waals surface area contributed by atoms with Crippen LogP contribution in [-0.2, 0) is 23.9 Å². The lowest BCUT2D eigenvalue weighted by molar-refractivity contribution is 0.122. The molecule has 33 heavy (non-hydrogen) atoms. The third-order valence-electron chi connectivity index (χ3n) is 7.60. The first-order valence-corrected chi connectivity index (χ1v) is 12.8.